The summed E-state index contributed by atoms with van der Waals surface area (Å²) < 4.78 is 22.8. The first-order chi connectivity index (χ1) is 16.9. The number of hydrogen-bond acceptors (Lipinski definition) is 7. The molecule has 9 nitrogen and oxygen atoms in total. The fraction of sp³-hybridized carbons (Fsp3) is 0.480. The maximum atomic E-state index is 13.3. The molecule has 0 aliphatic carbocycles. The van der Waals surface area contributed by atoms with E-state index < -0.39 is 5.60 Å². The van der Waals surface area contributed by atoms with Gasteiger partial charge in [-0.1, -0.05) is 11.6 Å². The molecule has 0 radical (unpaired) electrons. The number of ether oxygens (including phenoxy) is 4. The second-order valence-electron chi connectivity index (χ2n) is 8.71. The highest BCUT2D eigenvalue weighted by Crippen LogP contribution is 2.28. The number of aromatic nitrogens is 1. The Balaban J connectivity index is 1.54. The highest BCUT2D eigenvalue weighted by molar-refractivity contribution is 6.31. The fourth-order valence-electron chi connectivity index (χ4n) is 4.22. The topological polar surface area (TPSA) is 90.4 Å². The first-order valence-electron chi connectivity index (χ1n) is 11.6. The summed E-state index contributed by atoms with van der Waals surface area (Å²) >= 11 is 6.15. The van der Waals surface area contributed by atoms with Gasteiger partial charge in [0.05, 0.1) is 39.9 Å². The zero-order valence-corrected chi connectivity index (χ0v) is 20.8. The van der Waals surface area contributed by atoms with Gasteiger partial charge in [-0.05, 0) is 36.8 Å². The molecular weight excluding hydrogens is 474 g/mol. The van der Waals surface area contributed by atoms with Crippen LogP contribution in [0.1, 0.15) is 22.3 Å². The number of rotatable bonds is 7. The molecule has 1 atom stereocenters. The minimum absolute atomic E-state index is 0.0518. The van der Waals surface area contributed by atoms with Crippen LogP contribution in [0.25, 0.3) is 0 Å². The molecule has 1 aromatic carbocycles. The van der Waals surface area contributed by atoms with E-state index in [0.717, 1.165) is 5.56 Å². The van der Waals surface area contributed by atoms with Gasteiger partial charge in [-0.2, -0.15) is 0 Å². The molecule has 2 fully saturated rings. The summed E-state index contributed by atoms with van der Waals surface area (Å²) in [4.78, 5) is 34.1. The van der Waals surface area contributed by atoms with Gasteiger partial charge in [0.25, 0.3) is 5.91 Å². The Morgan fingerprint density at radius 2 is 1.89 bits per heavy atom. The van der Waals surface area contributed by atoms with Gasteiger partial charge in [0, 0.05) is 42.5 Å². The molecule has 2 saturated heterocycles. The second-order valence-corrected chi connectivity index (χ2v) is 9.12. The predicted octanol–water partition coefficient (Wildman–Crippen LogP) is 2.59. The molecule has 2 amide bonds. The highest BCUT2D eigenvalue weighted by Gasteiger charge is 2.42. The standard InChI is InChI=1S/C25H30ClN3O6/c1-18-13-20(3-4-21(18)26)34-17-25(15-23(30)28-7-10-33-11-8-28)16-29(9-12-35-25)24(31)19-5-6-27-22(14-19)32-2/h3-6,13-14H,7-12,15-17H2,1-2H3/t25-/m1/s1. The maximum absolute atomic E-state index is 13.3. The molecule has 0 unspecified atom stereocenters. The van der Waals surface area contributed by atoms with Crippen molar-refractivity contribution in [3.05, 3.63) is 52.7 Å². The first kappa shape index (κ1) is 25.2. The quantitative estimate of drug-likeness (QED) is 0.573. The maximum Gasteiger partial charge on any atom is 0.254 e. The average molecular weight is 504 g/mol. The van der Waals surface area contributed by atoms with E-state index in [1.165, 1.54) is 13.3 Å². The largest absolute Gasteiger partial charge is 0.490 e. The molecule has 0 bridgehead atoms. The van der Waals surface area contributed by atoms with Crippen molar-refractivity contribution in [1.29, 1.82) is 0 Å². The molecule has 0 N–H and O–H groups in total. The highest BCUT2D eigenvalue weighted by atomic mass is 35.5. The lowest BCUT2D eigenvalue weighted by atomic mass is 9.96. The Hall–Kier alpha value is -2.88. The third kappa shape index (κ3) is 6.22. The molecule has 35 heavy (non-hydrogen) atoms. The molecule has 188 valence electrons. The van der Waals surface area contributed by atoms with Crippen molar-refractivity contribution in [2.75, 3.05) is 59.7 Å². The summed E-state index contributed by atoms with van der Waals surface area (Å²) in [6.45, 7) is 4.98. The number of carbonyl (C=O) groups is 2. The van der Waals surface area contributed by atoms with Crippen LogP contribution in [0.4, 0.5) is 0 Å². The van der Waals surface area contributed by atoms with Crippen molar-refractivity contribution in [1.82, 2.24) is 14.8 Å². The van der Waals surface area contributed by atoms with E-state index in [9.17, 15) is 9.59 Å². The minimum atomic E-state index is -1.01. The van der Waals surface area contributed by atoms with Crippen molar-refractivity contribution >= 4 is 23.4 Å². The van der Waals surface area contributed by atoms with Crippen molar-refractivity contribution in [2.45, 2.75) is 18.9 Å². The van der Waals surface area contributed by atoms with Crippen LogP contribution in [-0.2, 0) is 14.3 Å². The van der Waals surface area contributed by atoms with E-state index in [1.807, 2.05) is 13.0 Å². The van der Waals surface area contributed by atoms with Gasteiger partial charge in [0.2, 0.25) is 11.8 Å². The van der Waals surface area contributed by atoms with E-state index in [2.05, 4.69) is 4.98 Å². The lowest BCUT2D eigenvalue weighted by Gasteiger charge is -2.43. The molecule has 2 aliphatic rings. The van der Waals surface area contributed by atoms with Crippen molar-refractivity contribution in [3.8, 4) is 11.6 Å². The Morgan fingerprint density at radius 1 is 1.11 bits per heavy atom. The zero-order valence-electron chi connectivity index (χ0n) is 20.0. The minimum Gasteiger partial charge on any atom is -0.490 e. The third-order valence-corrected chi connectivity index (χ3v) is 6.62. The third-order valence-electron chi connectivity index (χ3n) is 6.20. The van der Waals surface area contributed by atoms with Gasteiger partial charge in [-0.25, -0.2) is 4.98 Å². The van der Waals surface area contributed by atoms with Crippen LogP contribution < -0.4 is 9.47 Å². The number of methoxy groups -OCH3 is 1. The number of pyridine rings is 1. The van der Waals surface area contributed by atoms with Gasteiger partial charge in [0.15, 0.2) is 0 Å². The first-order valence-corrected chi connectivity index (χ1v) is 11.9. The van der Waals surface area contributed by atoms with Crippen LogP contribution in [0.15, 0.2) is 36.5 Å². The normalized spacial score (nSPS) is 20.4. The lowest BCUT2D eigenvalue weighted by molar-refractivity contribution is -0.155. The molecule has 1 aromatic heterocycles. The molecular formula is C25H30ClN3O6. The predicted molar refractivity (Wildman–Crippen MR) is 129 cm³/mol. The summed E-state index contributed by atoms with van der Waals surface area (Å²) in [6, 6.07) is 8.64. The molecule has 0 spiro atoms. The Bertz CT molecular complexity index is 1060. The smallest absolute Gasteiger partial charge is 0.254 e. The molecule has 4 rings (SSSR count). The molecule has 2 aliphatic heterocycles. The lowest BCUT2D eigenvalue weighted by Crippen LogP contribution is -2.58. The van der Waals surface area contributed by atoms with Gasteiger partial charge in [0.1, 0.15) is 18.0 Å². The van der Waals surface area contributed by atoms with Gasteiger partial charge >= 0.3 is 0 Å². The van der Waals surface area contributed by atoms with Gasteiger partial charge < -0.3 is 28.7 Å². The summed E-state index contributed by atoms with van der Waals surface area (Å²) in [5, 5.41) is 0.646. The van der Waals surface area contributed by atoms with Crippen LogP contribution in [-0.4, -0.2) is 91.9 Å². The van der Waals surface area contributed by atoms with E-state index >= 15 is 0 Å². The molecule has 2 aromatic rings. The molecule has 10 heteroatoms. The fourth-order valence-corrected chi connectivity index (χ4v) is 4.34. The average Bonchev–Trinajstić information content (AvgIpc) is 2.89. The number of hydrogen-bond donors (Lipinski definition) is 0. The van der Waals surface area contributed by atoms with Gasteiger partial charge in [-0.3, -0.25) is 9.59 Å². The number of nitrogens with zero attached hydrogens (tertiary/aromatic N) is 3. The van der Waals surface area contributed by atoms with Crippen LogP contribution >= 0.6 is 11.6 Å². The SMILES string of the molecule is COc1cc(C(=O)N2CCO[C@](COc3ccc(Cl)c(C)c3)(CC(=O)N3CCOCC3)C2)ccn1. The zero-order chi connectivity index (χ0) is 24.8. The molecule has 3 heterocycles. The van der Waals surface area contributed by atoms with E-state index in [-0.39, 0.29) is 38.0 Å². The number of morpholine rings is 2. The van der Waals surface area contributed by atoms with Crippen molar-refractivity contribution in [3.63, 3.8) is 0 Å². The monoisotopic (exact) mass is 503 g/mol. The number of halogens is 1. The number of carbonyl (C=O) groups excluding carboxylic acids is 2. The Kier molecular flexibility index (Phi) is 8.10. The summed E-state index contributed by atoms with van der Waals surface area (Å²) in [7, 11) is 1.50. The number of benzene rings is 1. The van der Waals surface area contributed by atoms with Crippen LogP contribution in [0, 0.1) is 6.92 Å². The van der Waals surface area contributed by atoms with Crippen molar-refractivity contribution < 1.29 is 28.5 Å². The number of amides is 2. The van der Waals surface area contributed by atoms with Gasteiger partial charge in [-0.15, -0.1) is 0 Å². The second kappa shape index (κ2) is 11.2. The number of aryl methyl sites for hydroxylation is 1. The van der Waals surface area contributed by atoms with Crippen molar-refractivity contribution in [2.24, 2.45) is 0 Å². The van der Waals surface area contributed by atoms with Crippen LogP contribution in [0.5, 0.6) is 11.6 Å². The molecule has 0 saturated carbocycles. The summed E-state index contributed by atoms with van der Waals surface area (Å²) in [5.41, 5.74) is 0.338. The van der Waals surface area contributed by atoms with E-state index in [0.29, 0.717) is 55.1 Å². The Morgan fingerprint density at radius 3 is 2.63 bits per heavy atom. The van der Waals surface area contributed by atoms with E-state index in [1.54, 1.807) is 34.1 Å². The Labute approximate surface area is 209 Å². The summed E-state index contributed by atoms with van der Waals surface area (Å²) in [6.07, 6.45) is 1.62. The van der Waals surface area contributed by atoms with E-state index in [4.69, 9.17) is 30.5 Å². The summed E-state index contributed by atoms with van der Waals surface area (Å²) in [5.74, 6) is 0.749. The van der Waals surface area contributed by atoms with Crippen LogP contribution in [0.3, 0.4) is 0 Å². The van der Waals surface area contributed by atoms with Crippen LogP contribution in [0.2, 0.25) is 5.02 Å².